The monoisotopic (exact) mass is 197 g/mol. The van der Waals surface area contributed by atoms with Crippen LogP contribution >= 0.6 is 0 Å². The Hall–Kier alpha value is -1.12. The molecule has 0 spiro atoms. The Labute approximate surface area is 85.6 Å². The van der Waals surface area contributed by atoms with E-state index in [0.29, 0.717) is 0 Å². The van der Waals surface area contributed by atoms with E-state index >= 15 is 0 Å². The number of hydrogen-bond donors (Lipinski definition) is 1. The summed E-state index contributed by atoms with van der Waals surface area (Å²) in [5.74, 6) is -0.171. The second-order valence-electron chi connectivity index (χ2n) is 4.61. The van der Waals surface area contributed by atoms with E-state index in [4.69, 9.17) is 0 Å². The van der Waals surface area contributed by atoms with Gasteiger partial charge in [-0.3, -0.25) is 9.59 Å². The standard InChI is InChI=1S/C11H19NO2/c1-8(2)6-10(14)12-7-9(13)11(3,4)5/h6H,7H2,1-5H3,(H,12,14). The Bertz CT molecular complexity index is 255. The Morgan fingerprint density at radius 3 is 2.07 bits per heavy atom. The fourth-order valence-electron chi connectivity index (χ4n) is 0.746. The second kappa shape index (κ2) is 4.94. The van der Waals surface area contributed by atoms with E-state index in [2.05, 4.69) is 5.32 Å². The van der Waals surface area contributed by atoms with E-state index in [0.717, 1.165) is 5.57 Å². The largest absolute Gasteiger partial charge is 0.345 e. The molecule has 0 aliphatic carbocycles. The highest BCUT2D eigenvalue weighted by atomic mass is 16.2. The Kier molecular flexibility index (Phi) is 4.54. The van der Waals surface area contributed by atoms with Gasteiger partial charge < -0.3 is 5.32 Å². The van der Waals surface area contributed by atoms with Crippen molar-refractivity contribution in [3.8, 4) is 0 Å². The smallest absolute Gasteiger partial charge is 0.244 e. The van der Waals surface area contributed by atoms with Gasteiger partial charge in [-0.15, -0.1) is 0 Å². The molecule has 0 fully saturated rings. The van der Waals surface area contributed by atoms with Crippen LogP contribution in [-0.2, 0) is 9.59 Å². The molecule has 0 atom stereocenters. The highest BCUT2D eigenvalue weighted by molar-refractivity contribution is 5.93. The minimum Gasteiger partial charge on any atom is -0.345 e. The number of Topliss-reactive ketones (excluding diaryl/α,β-unsaturated/α-hetero) is 1. The number of allylic oxidation sites excluding steroid dienone is 1. The molecule has 0 heterocycles. The number of rotatable bonds is 3. The Morgan fingerprint density at radius 1 is 1.21 bits per heavy atom. The van der Waals surface area contributed by atoms with Crippen molar-refractivity contribution in [3.05, 3.63) is 11.6 Å². The maximum Gasteiger partial charge on any atom is 0.244 e. The van der Waals surface area contributed by atoms with Gasteiger partial charge in [0.1, 0.15) is 0 Å². The summed E-state index contributed by atoms with van der Waals surface area (Å²) < 4.78 is 0. The first kappa shape index (κ1) is 12.9. The highest BCUT2D eigenvalue weighted by Gasteiger charge is 2.20. The van der Waals surface area contributed by atoms with Gasteiger partial charge in [-0.1, -0.05) is 26.3 Å². The summed E-state index contributed by atoms with van der Waals surface area (Å²) >= 11 is 0. The second-order valence-corrected chi connectivity index (χ2v) is 4.61. The van der Waals surface area contributed by atoms with Crippen LogP contribution in [0.1, 0.15) is 34.6 Å². The molecule has 80 valence electrons. The van der Waals surface area contributed by atoms with Crippen molar-refractivity contribution >= 4 is 11.7 Å². The van der Waals surface area contributed by atoms with E-state index in [9.17, 15) is 9.59 Å². The first-order valence-electron chi connectivity index (χ1n) is 4.69. The lowest BCUT2D eigenvalue weighted by atomic mass is 9.91. The van der Waals surface area contributed by atoms with Crippen LogP contribution in [0.25, 0.3) is 0 Å². The lowest BCUT2D eigenvalue weighted by molar-refractivity contribution is -0.127. The molecular weight excluding hydrogens is 178 g/mol. The number of carbonyl (C=O) groups excluding carboxylic acids is 2. The highest BCUT2D eigenvalue weighted by Crippen LogP contribution is 2.13. The number of amides is 1. The number of carbonyl (C=O) groups is 2. The minimum atomic E-state index is -0.391. The molecule has 0 rings (SSSR count). The van der Waals surface area contributed by atoms with Crippen molar-refractivity contribution in [2.45, 2.75) is 34.6 Å². The summed E-state index contributed by atoms with van der Waals surface area (Å²) in [6.45, 7) is 9.29. The third-order valence-corrected chi connectivity index (χ3v) is 1.68. The molecule has 1 N–H and O–H groups in total. The first-order valence-corrected chi connectivity index (χ1v) is 4.69. The lowest BCUT2D eigenvalue weighted by Crippen LogP contribution is -2.34. The van der Waals surface area contributed by atoms with Gasteiger partial charge in [0, 0.05) is 11.5 Å². The van der Waals surface area contributed by atoms with Crippen molar-refractivity contribution in [1.29, 1.82) is 0 Å². The molecule has 0 aliphatic rings. The number of nitrogens with one attached hydrogen (secondary N) is 1. The Morgan fingerprint density at radius 2 is 1.71 bits per heavy atom. The molecule has 3 heteroatoms. The van der Waals surface area contributed by atoms with Gasteiger partial charge in [0.2, 0.25) is 5.91 Å². The van der Waals surface area contributed by atoms with Gasteiger partial charge in [0.05, 0.1) is 6.54 Å². The molecule has 0 aromatic carbocycles. The molecule has 1 amide bonds. The Balaban J connectivity index is 4.03. The quantitative estimate of drug-likeness (QED) is 0.700. The summed E-state index contributed by atoms with van der Waals surface area (Å²) in [7, 11) is 0. The molecule has 0 unspecified atom stereocenters. The predicted molar refractivity (Wildman–Crippen MR) is 56.9 cm³/mol. The molecule has 0 aromatic heterocycles. The van der Waals surface area contributed by atoms with Crippen LogP contribution in [0.4, 0.5) is 0 Å². The van der Waals surface area contributed by atoms with E-state index in [1.165, 1.54) is 6.08 Å². The van der Waals surface area contributed by atoms with Gasteiger partial charge in [-0.2, -0.15) is 0 Å². The SMILES string of the molecule is CC(C)=CC(=O)NCC(=O)C(C)(C)C. The van der Waals surface area contributed by atoms with Crippen LogP contribution < -0.4 is 5.32 Å². The maximum absolute atomic E-state index is 11.4. The summed E-state index contributed by atoms with van der Waals surface area (Å²) in [6.07, 6.45) is 1.48. The summed E-state index contributed by atoms with van der Waals surface area (Å²) in [6, 6.07) is 0. The van der Waals surface area contributed by atoms with E-state index < -0.39 is 5.41 Å². The van der Waals surface area contributed by atoms with E-state index in [-0.39, 0.29) is 18.2 Å². The fraction of sp³-hybridized carbons (Fsp3) is 0.636. The maximum atomic E-state index is 11.4. The van der Waals surface area contributed by atoms with Crippen molar-refractivity contribution in [3.63, 3.8) is 0 Å². The van der Waals surface area contributed by atoms with Crippen molar-refractivity contribution in [2.75, 3.05) is 6.54 Å². The van der Waals surface area contributed by atoms with Gasteiger partial charge >= 0.3 is 0 Å². The van der Waals surface area contributed by atoms with E-state index in [1.54, 1.807) is 0 Å². The van der Waals surface area contributed by atoms with Crippen LogP contribution in [0.5, 0.6) is 0 Å². The van der Waals surface area contributed by atoms with Crippen molar-refractivity contribution in [1.82, 2.24) is 5.32 Å². The average molecular weight is 197 g/mol. The fourth-order valence-corrected chi connectivity index (χ4v) is 0.746. The summed E-state index contributed by atoms with van der Waals surface area (Å²) in [4.78, 5) is 22.6. The molecule has 14 heavy (non-hydrogen) atoms. The minimum absolute atomic E-state index is 0.0352. The van der Waals surface area contributed by atoms with Crippen LogP contribution in [0, 0.1) is 5.41 Å². The topological polar surface area (TPSA) is 46.2 Å². The molecule has 0 bridgehead atoms. The van der Waals surface area contributed by atoms with Crippen LogP contribution in [0.2, 0.25) is 0 Å². The molecular formula is C11H19NO2. The van der Waals surface area contributed by atoms with Crippen LogP contribution in [0.3, 0.4) is 0 Å². The average Bonchev–Trinajstić information content (AvgIpc) is 1.96. The molecule has 0 radical (unpaired) electrons. The van der Waals surface area contributed by atoms with Gasteiger partial charge in [-0.25, -0.2) is 0 Å². The first-order chi connectivity index (χ1) is 6.23. The van der Waals surface area contributed by atoms with Gasteiger partial charge in [0.15, 0.2) is 5.78 Å². The van der Waals surface area contributed by atoms with Crippen LogP contribution in [-0.4, -0.2) is 18.2 Å². The normalized spacial score (nSPS) is 10.6. The number of hydrogen-bond acceptors (Lipinski definition) is 2. The molecule has 3 nitrogen and oxygen atoms in total. The van der Waals surface area contributed by atoms with E-state index in [1.807, 2.05) is 34.6 Å². The molecule has 0 saturated heterocycles. The lowest BCUT2D eigenvalue weighted by Gasteiger charge is -2.16. The predicted octanol–water partition coefficient (Wildman–Crippen LogP) is 1.68. The summed E-state index contributed by atoms with van der Waals surface area (Å²) in [5, 5.41) is 2.56. The molecule has 0 aromatic rings. The van der Waals surface area contributed by atoms with Gasteiger partial charge in [0.25, 0.3) is 0 Å². The zero-order valence-electron chi connectivity index (χ0n) is 9.60. The third kappa shape index (κ3) is 5.51. The number of ketones is 1. The molecule has 0 aliphatic heterocycles. The zero-order chi connectivity index (χ0) is 11.4. The van der Waals surface area contributed by atoms with Crippen molar-refractivity contribution < 1.29 is 9.59 Å². The van der Waals surface area contributed by atoms with Crippen LogP contribution in [0.15, 0.2) is 11.6 Å². The van der Waals surface area contributed by atoms with Crippen molar-refractivity contribution in [2.24, 2.45) is 5.41 Å². The third-order valence-electron chi connectivity index (χ3n) is 1.68. The zero-order valence-corrected chi connectivity index (χ0v) is 9.60. The van der Waals surface area contributed by atoms with Gasteiger partial charge in [-0.05, 0) is 13.8 Å². The summed E-state index contributed by atoms with van der Waals surface area (Å²) in [5.41, 5.74) is 0.531. The molecule has 0 saturated carbocycles.